The van der Waals surface area contributed by atoms with E-state index in [4.69, 9.17) is 5.26 Å². The lowest BCUT2D eigenvalue weighted by atomic mass is 10.1. The van der Waals surface area contributed by atoms with Crippen molar-refractivity contribution in [2.75, 3.05) is 0 Å². The first-order valence-corrected chi connectivity index (χ1v) is 5.00. The lowest BCUT2D eigenvalue weighted by molar-refractivity contribution is 0.150. The van der Waals surface area contributed by atoms with Crippen molar-refractivity contribution >= 4 is 15.9 Å². The summed E-state index contributed by atoms with van der Waals surface area (Å²) in [6.45, 7) is 0. The van der Waals surface area contributed by atoms with Gasteiger partial charge < -0.3 is 0 Å². The second kappa shape index (κ2) is 5.01. The van der Waals surface area contributed by atoms with Crippen LogP contribution in [0.1, 0.15) is 23.2 Å². The van der Waals surface area contributed by atoms with Crippen LogP contribution in [0.5, 0.6) is 0 Å². The third-order valence-corrected chi connectivity index (χ3v) is 2.32. The van der Waals surface area contributed by atoms with Gasteiger partial charge in [-0.25, -0.2) is 8.78 Å². The van der Waals surface area contributed by atoms with Crippen molar-refractivity contribution in [2.45, 2.75) is 18.2 Å². The van der Waals surface area contributed by atoms with E-state index in [1.807, 2.05) is 6.07 Å². The molecule has 2 nitrogen and oxygen atoms in total. The van der Waals surface area contributed by atoms with Gasteiger partial charge in [-0.2, -0.15) is 5.26 Å². The van der Waals surface area contributed by atoms with Crippen LogP contribution in [-0.4, -0.2) is 4.98 Å². The van der Waals surface area contributed by atoms with Crippen LogP contribution in [0.25, 0.3) is 0 Å². The van der Waals surface area contributed by atoms with Crippen LogP contribution in [0.3, 0.4) is 0 Å². The lowest BCUT2D eigenvalue weighted by Gasteiger charge is -2.06. The molecule has 0 N–H and O–H groups in total. The van der Waals surface area contributed by atoms with Crippen molar-refractivity contribution in [3.8, 4) is 6.07 Å². The zero-order chi connectivity index (χ0) is 10.6. The molecule has 0 aliphatic rings. The van der Waals surface area contributed by atoms with E-state index >= 15 is 0 Å². The number of halogens is 3. The first kappa shape index (κ1) is 11.1. The first-order valence-electron chi connectivity index (χ1n) is 3.87. The fourth-order valence-corrected chi connectivity index (χ4v) is 1.51. The maximum atomic E-state index is 12.5. The predicted molar refractivity (Wildman–Crippen MR) is 51.1 cm³/mol. The summed E-state index contributed by atoms with van der Waals surface area (Å²) in [5, 5.41) is 8.73. The first-order chi connectivity index (χ1) is 6.69. The Morgan fingerprint density at radius 3 is 2.79 bits per heavy atom. The van der Waals surface area contributed by atoms with Crippen LogP contribution in [0.2, 0.25) is 0 Å². The van der Waals surface area contributed by atoms with E-state index in [1.165, 1.54) is 12.3 Å². The molecule has 0 atom stereocenters. The zero-order valence-corrected chi connectivity index (χ0v) is 8.76. The SMILES string of the molecule is N#CCc1cc(C(F)F)c(CBr)cn1. The molecule has 0 amide bonds. The van der Waals surface area contributed by atoms with E-state index in [0.29, 0.717) is 16.6 Å². The van der Waals surface area contributed by atoms with E-state index in [-0.39, 0.29) is 12.0 Å². The molecule has 0 aliphatic carbocycles. The Bertz CT molecular complexity index is 360. The molecule has 0 aromatic carbocycles. The normalized spacial score (nSPS) is 10.2. The molecule has 0 aliphatic heterocycles. The summed E-state index contributed by atoms with van der Waals surface area (Å²) in [4.78, 5) is 3.90. The molecule has 1 aromatic heterocycles. The fourth-order valence-electron chi connectivity index (χ4n) is 1.04. The smallest absolute Gasteiger partial charge is 0.260 e. The van der Waals surface area contributed by atoms with Crippen molar-refractivity contribution in [1.82, 2.24) is 4.98 Å². The van der Waals surface area contributed by atoms with Gasteiger partial charge in [0, 0.05) is 17.1 Å². The fraction of sp³-hybridized carbons (Fsp3) is 0.333. The minimum Gasteiger partial charge on any atom is -0.260 e. The molecule has 0 bridgehead atoms. The van der Waals surface area contributed by atoms with Crippen LogP contribution < -0.4 is 0 Å². The van der Waals surface area contributed by atoms with Crippen molar-refractivity contribution in [1.29, 1.82) is 5.26 Å². The predicted octanol–water partition coefficient (Wildman–Crippen LogP) is 2.98. The van der Waals surface area contributed by atoms with Gasteiger partial charge in [0.1, 0.15) is 0 Å². The Morgan fingerprint density at radius 2 is 2.29 bits per heavy atom. The Labute approximate surface area is 88.7 Å². The number of nitrogens with zero attached hydrogens (tertiary/aromatic N) is 2. The number of nitriles is 1. The van der Waals surface area contributed by atoms with Gasteiger partial charge in [0.25, 0.3) is 6.43 Å². The molecule has 0 fully saturated rings. The highest BCUT2D eigenvalue weighted by molar-refractivity contribution is 9.08. The van der Waals surface area contributed by atoms with E-state index in [0.717, 1.165) is 0 Å². The van der Waals surface area contributed by atoms with Crippen molar-refractivity contribution in [3.05, 3.63) is 29.1 Å². The van der Waals surface area contributed by atoms with Gasteiger partial charge in [-0.15, -0.1) is 0 Å². The molecular formula is C9H7BrF2N2. The number of aromatic nitrogens is 1. The van der Waals surface area contributed by atoms with Crippen LogP contribution in [0.15, 0.2) is 12.3 Å². The Kier molecular flexibility index (Phi) is 3.96. The molecular weight excluding hydrogens is 254 g/mol. The number of alkyl halides is 3. The average Bonchev–Trinajstić information content (AvgIpc) is 2.18. The van der Waals surface area contributed by atoms with Gasteiger partial charge in [-0.05, 0) is 11.6 Å². The number of rotatable bonds is 3. The molecule has 1 aromatic rings. The van der Waals surface area contributed by atoms with Crippen LogP contribution in [0, 0.1) is 11.3 Å². The summed E-state index contributed by atoms with van der Waals surface area (Å²) in [5.74, 6) is 0. The van der Waals surface area contributed by atoms with Crippen LogP contribution in [-0.2, 0) is 11.8 Å². The summed E-state index contributed by atoms with van der Waals surface area (Å²) < 4.78 is 25.0. The summed E-state index contributed by atoms with van der Waals surface area (Å²) in [5.41, 5.74) is 0.788. The quantitative estimate of drug-likeness (QED) is 0.784. The Morgan fingerprint density at radius 1 is 1.57 bits per heavy atom. The van der Waals surface area contributed by atoms with Crippen LogP contribution in [0.4, 0.5) is 8.78 Å². The number of hydrogen-bond acceptors (Lipinski definition) is 2. The molecule has 0 radical (unpaired) electrons. The average molecular weight is 261 g/mol. The number of pyridine rings is 1. The van der Waals surface area contributed by atoms with E-state index < -0.39 is 6.43 Å². The standard InChI is InChI=1S/C9H7BrF2N2/c10-4-6-5-14-7(1-2-13)3-8(6)9(11)12/h3,5,9H,1,4H2. The molecule has 14 heavy (non-hydrogen) atoms. The minimum absolute atomic E-state index is 0.0536. The molecule has 0 saturated carbocycles. The van der Waals surface area contributed by atoms with E-state index in [9.17, 15) is 8.78 Å². The van der Waals surface area contributed by atoms with Gasteiger partial charge >= 0.3 is 0 Å². The highest BCUT2D eigenvalue weighted by Gasteiger charge is 2.13. The van der Waals surface area contributed by atoms with Crippen molar-refractivity contribution in [3.63, 3.8) is 0 Å². The summed E-state index contributed by atoms with van der Waals surface area (Å²) in [6, 6.07) is 3.15. The highest BCUT2D eigenvalue weighted by Crippen LogP contribution is 2.24. The summed E-state index contributed by atoms with van der Waals surface area (Å²) in [7, 11) is 0. The van der Waals surface area contributed by atoms with Crippen molar-refractivity contribution in [2.24, 2.45) is 0 Å². The maximum Gasteiger partial charge on any atom is 0.264 e. The summed E-state index contributed by atoms with van der Waals surface area (Å²) >= 11 is 3.10. The largest absolute Gasteiger partial charge is 0.264 e. The summed E-state index contributed by atoms with van der Waals surface area (Å²) in [6.07, 6.45) is -1.09. The van der Waals surface area contributed by atoms with Crippen molar-refractivity contribution < 1.29 is 8.78 Å². The Hall–Kier alpha value is -1.02. The van der Waals surface area contributed by atoms with Gasteiger partial charge in [0.2, 0.25) is 0 Å². The highest BCUT2D eigenvalue weighted by atomic mass is 79.9. The van der Waals surface area contributed by atoms with Gasteiger partial charge in [-0.1, -0.05) is 15.9 Å². The monoisotopic (exact) mass is 260 g/mol. The van der Waals surface area contributed by atoms with Gasteiger partial charge in [0.15, 0.2) is 0 Å². The third-order valence-electron chi connectivity index (χ3n) is 1.72. The van der Waals surface area contributed by atoms with E-state index in [1.54, 1.807) is 0 Å². The molecule has 0 spiro atoms. The maximum absolute atomic E-state index is 12.5. The second-order valence-electron chi connectivity index (χ2n) is 2.64. The third kappa shape index (κ3) is 2.48. The zero-order valence-electron chi connectivity index (χ0n) is 7.17. The minimum atomic E-state index is -2.53. The molecule has 1 rings (SSSR count). The molecule has 74 valence electrons. The molecule has 1 heterocycles. The van der Waals surface area contributed by atoms with E-state index in [2.05, 4.69) is 20.9 Å². The topological polar surface area (TPSA) is 36.7 Å². The van der Waals surface area contributed by atoms with Gasteiger partial charge in [0.05, 0.1) is 18.2 Å². The Balaban J connectivity index is 3.09. The molecule has 5 heteroatoms. The second-order valence-corrected chi connectivity index (χ2v) is 3.20. The lowest BCUT2D eigenvalue weighted by Crippen LogP contribution is -1.97. The number of hydrogen-bond donors (Lipinski definition) is 0. The van der Waals surface area contributed by atoms with Gasteiger partial charge in [-0.3, -0.25) is 4.98 Å². The molecule has 0 unspecified atom stereocenters. The molecule has 0 saturated heterocycles. The van der Waals surface area contributed by atoms with Crippen LogP contribution >= 0.6 is 15.9 Å².